The SMILES string of the molecule is COc1ccc2c(c1)C(NO)C(=O)N2Cc1cn(CCCCCC(=O)NO)nn1. The van der Waals surface area contributed by atoms with Crippen molar-refractivity contribution in [3.05, 3.63) is 35.7 Å². The number of hydrogen-bond acceptors (Lipinski definition) is 8. The lowest BCUT2D eigenvalue weighted by molar-refractivity contribution is -0.129. The zero-order chi connectivity index (χ0) is 20.8. The molecule has 1 aromatic carbocycles. The first-order valence-corrected chi connectivity index (χ1v) is 9.28. The molecule has 0 fully saturated rings. The van der Waals surface area contributed by atoms with Gasteiger partial charge in [-0.15, -0.1) is 5.10 Å². The van der Waals surface area contributed by atoms with Crippen LogP contribution in [-0.2, 0) is 22.7 Å². The number of ether oxygens (including phenoxy) is 1. The molecule has 0 spiro atoms. The van der Waals surface area contributed by atoms with Gasteiger partial charge in [-0.3, -0.25) is 19.5 Å². The summed E-state index contributed by atoms with van der Waals surface area (Å²) in [4.78, 5) is 25.2. The Morgan fingerprint density at radius 3 is 2.83 bits per heavy atom. The normalized spacial score (nSPS) is 15.5. The highest BCUT2D eigenvalue weighted by Gasteiger charge is 2.37. The van der Waals surface area contributed by atoms with Crippen LogP contribution < -0.4 is 20.6 Å². The molecule has 2 amide bonds. The Morgan fingerprint density at radius 2 is 2.10 bits per heavy atom. The molecule has 1 aromatic heterocycles. The minimum absolute atomic E-state index is 0.229. The molecular weight excluding hydrogens is 380 g/mol. The van der Waals surface area contributed by atoms with E-state index in [4.69, 9.17) is 9.94 Å². The summed E-state index contributed by atoms with van der Waals surface area (Å²) in [5, 5.41) is 26.1. The summed E-state index contributed by atoms with van der Waals surface area (Å²) in [6, 6.07) is 4.39. The smallest absolute Gasteiger partial charge is 0.251 e. The maximum atomic E-state index is 12.7. The number of nitrogens with one attached hydrogen (secondary N) is 2. The number of anilines is 1. The highest BCUT2D eigenvalue weighted by molar-refractivity contribution is 6.04. The van der Waals surface area contributed by atoms with Gasteiger partial charge in [-0.1, -0.05) is 11.6 Å². The van der Waals surface area contributed by atoms with Crippen LogP contribution in [0.4, 0.5) is 5.69 Å². The third-order valence-corrected chi connectivity index (χ3v) is 4.80. The molecule has 0 saturated heterocycles. The molecule has 1 aliphatic heterocycles. The van der Waals surface area contributed by atoms with E-state index < -0.39 is 11.9 Å². The van der Waals surface area contributed by atoms with Crippen LogP contribution in [0.5, 0.6) is 5.75 Å². The zero-order valence-electron chi connectivity index (χ0n) is 16.0. The molecule has 11 nitrogen and oxygen atoms in total. The van der Waals surface area contributed by atoms with Gasteiger partial charge >= 0.3 is 0 Å². The summed E-state index contributed by atoms with van der Waals surface area (Å²) < 4.78 is 6.89. The number of aromatic nitrogens is 3. The van der Waals surface area contributed by atoms with Gasteiger partial charge in [0.2, 0.25) is 5.91 Å². The number of nitrogens with zero attached hydrogens (tertiary/aromatic N) is 4. The second-order valence-electron chi connectivity index (χ2n) is 6.73. The molecule has 29 heavy (non-hydrogen) atoms. The maximum absolute atomic E-state index is 12.7. The molecule has 3 rings (SSSR count). The Balaban J connectivity index is 1.60. The number of carbonyl (C=O) groups is 2. The third-order valence-electron chi connectivity index (χ3n) is 4.80. The van der Waals surface area contributed by atoms with Crippen molar-refractivity contribution in [1.29, 1.82) is 0 Å². The number of amides is 2. The monoisotopic (exact) mass is 404 g/mol. The average Bonchev–Trinajstić information content (AvgIpc) is 3.29. The fourth-order valence-corrected chi connectivity index (χ4v) is 3.31. The van der Waals surface area contributed by atoms with Gasteiger partial charge in [-0.2, -0.15) is 5.48 Å². The molecule has 2 heterocycles. The van der Waals surface area contributed by atoms with Crippen molar-refractivity contribution in [2.24, 2.45) is 0 Å². The van der Waals surface area contributed by atoms with E-state index in [1.807, 2.05) is 0 Å². The lowest BCUT2D eigenvalue weighted by Crippen LogP contribution is -2.33. The molecule has 2 aromatic rings. The van der Waals surface area contributed by atoms with Crippen molar-refractivity contribution in [1.82, 2.24) is 26.0 Å². The summed E-state index contributed by atoms with van der Waals surface area (Å²) >= 11 is 0. The van der Waals surface area contributed by atoms with Gasteiger partial charge in [0.1, 0.15) is 17.5 Å². The minimum atomic E-state index is -0.855. The van der Waals surface area contributed by atoms with Crippen LogP contribution in [0.25, 0.3) is 0 Å². The predicted octanol–water partition coefficient (Wildman–Crippen LogP) is 0.919. The van der Waals surface area contributed by atoms with Gasteiger partial charge in [-0.25, -0.2) is 5.48 Å². The van der Waals surface area contributed by atoms with Gasteiger partial charge in [0.25, 0.3) is 5.91 Å². The number of fused-ring (bicyclic) bond motifs is 1. The summed E-state index contributed by atoms with van der Waals surface area (Å²) in [5.41, 5.74) is 5.61. The Hall–Kier alpha value is -3.02. The molecular formula is C18H24N6O5. The Kier molecular flexibility index (Phi) is 6.75. The topological polar surface area (TPSA) is 142 Å². The summed E-state index contributed by atoms with van der Waals surface area (Å²) in [6.45, 7) is 0.864. The number of methoxy groups -OCH3 is 1. The molecule has 1 unspecified atom stereocenters. The summed E-state index contributed by atoms with van der Waals surface area (Å²) in [5.74, 6) is -0.0783. The third kappa shape index (κ3) is 4.70. The maximum Gasteiger partial charge on any atom is 0.251 e. The highest BCUT2D eigenvalue weighted by Crippen LogP contribution is 2.38. The first-order chi connectivity index (χ1) is 14.1. The van der Waals surface area contributed by atoms with Crippen molar-refractivity contribution in [3.63, 3.8) is 0 Å². The van der Waals surface area contributed by atoms with Crippen molar-refractivity contribution >= 4 is 17.5 Å². The van der Waals surface area contributed by atoms with Crippen LogP contribution in [0.3, 0.4) is 0 Å². The fraction of sp³-hybridized carbons (Fsp3) is 0.444. The fourth-order valence-electron chi connectivity index (χ4n) is 3.31. The Labute approximate surface area is 167 Å². The molecule has 0 aliphatic carbocycles. The van der Waals surface area contributed by atoms with Crippen LogP contribution in [0.2, 0.25) is 0 Å². The van der Waals surface area contributed by atoms with Crippen molar-refractivity contribution in [2.45, 2.75) is 44.8 Å². The molecule has 0 radical (unpaired) electrons. The summed E-state index contributed by atoms with van der Waals surface area (Å²) in [6.07, 6.45) is 4.35. The second kappa shape index (κ2) is 9.45. The van der Waals surface area contributed by atoms with E-state index in [9.17, 15) is 14.8 Å². The molecule has 156 valence electrons. The van der Waals surface area contributed by atoms with E-state index in [-0.39, 0.29) is 18.9 Å². The van der Waals surface area contributed by atoms with E-state index in [2.05, 4.69) is 15.8 Å². The standard InChI is InChI=1S/C18H24N6O5/c1-29-13-6-7-15-14(9-13)17(21-28)18(26)24(15)11-12-10-23(22-19-12)8-4-2-3-5-16(25)20-27/h6-7,9-10,17,21,27-28H,2-5,8,11H2,1H3,(H,20,25). The molecule has 0 saturated carbocycles. The predicted molar refractivity (Wildman–Crippen MR) is 100 cm³/mol. The van der Waals surface area contributed by atoms with Crippen LogP contribution >= 0.6 is 0 Å². The second-order valence-corrected chi connectivity index (χ2v) is 6.73. The van der Waals surface area contributed by atoms with E-state index in [0.29, 0.717) is 35.7 Å². The first-order valence-electron chi connectivity index (χ1n) is 9.28. The number of benzene rings is 1. The Morgan fingerprint density at radius 1 is 1.28 bits per heavy atom. The van der Waals surface area contributed by atoms with Crippen LogP contribution in [0.1, 0.15) is 43.0 Å². The average molecular weight is 404 g/mol. The van der Waals surface area contributed by atoms with E-state index in [0.717, 1.165) is 12.8 Å². The van der Waals surface area contributed by atoms with Gasteiger partial charge in [0, 0.05) is 24.2 Å². The number of carbonyl (C=O) groups excluding carboxylic acids is 2. The van der Waals surface area contributed by atoms with Gasteiger partial charge in [0.15, 0.2) is 0 Å². The van der Waals surface area contributed by atoms with E-state index in [1.165, 1.54) is 7.11 Å². The largest absolute Gasteiger partial charge is 0.497 e. The molecule has 11 heteroatoms. The van der Waals surface area contributed by atoms with E-state index in [1.54, 1.807) is 39.5 Å². The quantitative estimate of drug-likeness (QED) is 0.260. The van der Waals surface area contributed by atoms with Crippen LogP contribution in [-0.4, -0.2) is 44.3 Å². The van der Waals surface area contributed by atoms with Crippen LogP contribution in [0.15, 0.2) is 24.4 Å². The van der Waals surface area contributed by atoms with Crippen molar-refractivity contribution in [3.8, 4) is 5.75 Å². The van der Waals surface area contributed by atoms with Gasteiger partial charge in [-0.05, 0) is 31.0 Å². The molecule has 1 atom stereocenters. The zero-order valence-corrected chi connectivity index (χ0v) is 16.0. The number of rotatable bonds is 10. The molecule has 1 aliphatic rings. The number of hydrogen-bond donors (Lipinski definition) is 4. The lowest BCUT2D eigenvalue weighted by atomic mass is 10.1. The first kappa shape index (κ1) is 20.7. The number of hydroxylamine groups is 2. The van der Waals surface area contributed by atoms with Gasteiger partial charge < -0.3 is 14.8 Å². The van der Waals surface area contributed by atoms with Crippen molar-refractivity contribution < 1.29 is 24.7 Å². The molecule has 4 N–H and O–H groups in total. The molecule has 0 bridgehead atoms. The van der Waals surface area contributed by atoms with E-state index >= 15 is 0 Å². The van der Waals surface area contributed by atoms with Crippen LogP contribution in [0, 0.1) is 0 Å². The lowest BCUT2D eigenvalue weighted by Gasteiger charge is -2.16. The summed E-state index contributed by atoms with van der Waals surface area (Å²) in [7, 11) is 1.54. The highest BCUT2D eigenvalue weighted by atomic mass is 16.5. The number of unbranched alkanes of at least 4 members (excludes halogenated alkanes) is 2. The minimum Gasteiger partial charge on any atom is -0.497 e. The number of aryl methyl sites for hydroxylation is 1. The van der Waals surface area contributed by atoms with Gasteiger partial charge in [0.05, 0.1) is 19.9 Å². The Bertz CT molecular complexity index is 870. The van der Waals surface area contributed by atoms with Crippen molar-refractivity contribution in [2.75, 3.05) is 12.0 Å².